The van der Waals surface area contributed by atoms with Crippen molar-refractivity contribution in [3.63, 3.8) is 0 Å². The van der Waals surface area contributed by atoms with Crippen LogP contribution in [0.25, 0.3) is 0 Å². The molecule has 0 aliphatic rings. The van der Waals surface area contributed by atoms with Crippen LogP contribution in [0.1, 0.15) is 21.5 Å². The molecule has 27 heavy (non-hydrogen) atoms. The van der Waals surface area contributed by atoms with Crippen LogP contribution in [0.3, 0.4) is 0 Å². The second kappa shape index (κ2) is 8.80. The summed E-state index contributed by atoms with van der Waals surface area (Å²) < 4.78 is 11.5. The van der Waals surface area contributed by atoms with Crippen molar-refractivity contribution in [1.29, 1.82) is 0 Å². The molecule has 0 heterocycles. The van der Waals surface area contributed by atoms with Crippen LogP contribution in [0.2, 0.25) is 10.0 Å². The summed E-state index contributed by atoms with van der Waals surface area (Å²) in [4.78, 5) is 11.4. The van der Waals surface area contributed by atoms with Crippen LogP contribution in [-0.4, -0.2) is 11.1 Å². The van der Waals surface area contributed by atoms with E-state index < -0.39 is 5.97 Å². The van der Waals surface area contributed by atoms with Crippen LogP contribution < -0.4 is 9.47 Å². The highest BCUT2D eigenvalue weighted by atomic mass is 35.5. The molecule has 0 saturated heterocycles. The Morgan fingerprint density at radius 1 is 0.778 bits per heavy atom. The van der Waals surface area contributed by atoms with E-state index in [1.807, 2.05) is 36.4 Å². The highest BCUT2D eigenvalue weighted by Gasteiger charge is 2.10. The predicted octanol–water partition coefficient (Wildman–Crippen LogP) is 5.85. The van der Waals surface area contributed by atoms with Crippen molar-refractivity contribution in [3.05, 3.63) is 93.5 Å². The molecule has 0 aliphatic carbocycles. The first-order valence-corrected chi connectivity index (χ1v) is 8.89. The van der Waals surface area contributed by atoms with E-state index in [4.69, 9.17) is 32.7 Å². The van der Waals surface area contributed by atoms with Gasteiger partial charge in [-0.05, 0) is 24.3 Å². The van der Waals surface area contributed by atoms with Crippen molar-refractivity contribution in [2.24, 2.45) is 0 Å². The van der Waals surface area contributed by atoms with E-state index in [1.54, 1.807) is 18.2 Å². The van der Waals surface area contributed by atoms with Gasteiger partial charge in [-0.25, -0.2) is 4.79 Å². The molecular formula is C21H16Cl2O4. The molecule has 0 aromatic heterocycles. The van der Waals surface area contributed by atoms with Crippen molar-refractivity contribution >= 4 is 29.2 Å². The lowest BCUT2D eigenvalue weighted by atomic mass is 10.2. The lowest BCUT2D eigenvalue weighted by Gasteiger charge is -2.12. The van der Waals surface area contributed by atoms with Crippen LogP contribution in [-0.2, 0) is 13.2 Å². The molecule has 0 radical (unpaired) electrons. The molecule has 0 aliphatic heterocycles. The van der Waals surface area contributed by atoms with Gasteiger partial charge >= 0.3 is 5.97 Å². The second-order valence-corrected chi connectivity index (χ2v) is 6.57. The summed E-state index contributed by atoms with van der Waals surface area (Å²) in [5, 5.41) is 10.5. The first-order valence-electron chi connectivity index (χ1n) is 8.14. The average molecular weight is 403 g/mol. The molecule has 0 atom stereocenters. The largest absolute Gasteiger partial charge is 0.489 e. The Hall–Kier alpha value is -2.69. The Kier molecular flexibility index (Phi) is 6.22. The SMILES string of the molecule is O=C(O)c1cc(OCc2ccccc2Cl)cc(OCc2ccccc2Cl)c1. The quantitative estimate of drug-likeness (QED) is 0.538. The topological polar surface area (TPSA) is 55.8 Å². The second-order valence-electron chi connectivity index (χ2n) is 5.76. The summed E-state index contributed by atoms with van der Waals surface area (Å²) in [6.07, 6.45) is 0. The van der Waals surface area contributed by atoms with Crippen molar-refractivity contribution in [3.8, 4) is 11.5 Å². The molecule has 0 saturated carbocycles. The minimum Gasteiger partial charge on any atom is -0.489 e. The van der Waals surface area contributed by atoms with E-state index in [-0.39, 0.29) is 18.8 Å². The zero-order valence-electron chi connectivity index (χ0n) is 14.2. The summed E-state index contributed by atoms with van der Waals surface area (Å²) in [7, 11) is 0. The zero-order valence-corrected chi connectivity index (χ0v) is 15.7. The van der Waals surface area contributed by atoms with Gasteiger partial charge in [0.15, 0.2) is 0 Å². The molecule has 0 bridgehead atoms. The first kappa shape index (κ1) is 19.1. The van der Waals surface area contributed by atoms with E-state index in [2.05, 4.69) is 0 Å². The van der Waals surface area contributed by atoms with Gasteiger partial charge in [0.25, 0.3) is 0 Å². The normalized spacial score (nSPS) is 10.4. The molecule has 6 heteroatoms. The molecule has 3 aromatic carbocycles. The molecule has 3 aromatic rings. The van der Waals surface area contributed by atoms with Crippen molar-refractivity contribution < 1.29 is 19.4 Å². The first-order chi connectivity index (χ1) is 13.0. The average Bonchev–Trinajstić information content (AvgIpc) is 2.66. The number of benzene rings is 3. The third-order valence-corrected chi connectivity index (χ3v) is 4.57. The highest BCUT2D eigenvalue weighted by Crippen LogP contribution is 2.26. The molecule has 0 fully saturated rings. The Morgan fingerprint density at radius 3 is 1.63 bits per heavy atom. The van der Waals surface area contributed by atoms with Gasteiger partial charge in [0, 0.05) is 27.2 Å². The summed E-state index contributed by atoms with van der Waals surface area (Å²) >= 11 is 12.2. The van der Waals surface area contributed by atoms with E-state index >= 15 is 0 Å². The molecular weight excluding hydrogens is 387 g/mol. The smallest absolute Gasteiger partial charge is 0.335 e. The lowest BCUT2D eigenvalue weighted by Crippen LogP contribution is -2.02. The van der Waals surface area contributed by atoms with Crippen LogP contribution in [0.5, 0.6) is 11.5 Å². The number of carboxylic acid groups (broad SMARTS) is 1. The number of hydrogen-bond acceptors (Lipinski definition) is 3. The van der Waals surface area contributed by atoms with E-state index in [9.17, 15) is 9.90 Å². The maximum absolute atomic E-state index is 11.4. The lowest BCUT2D eigenvalue weighted by molar-refractivity contribution is 0.0695. The minimum atomic E-state index is -1.07. The van der Waals surface area contributed by atoms with Gasteiger partial charge in [-0.3, -0.25) is 0 Å². The fourth-order valence-electron chi connectivity index (χ4n) is 2.41. The van der Waals surface area contributed by atoms with Crippen LogP contribution >= 0.6 is 23.2 Å². The molecule has 3 rings (SSSR count). The summed E-state index contributed by atoms with van der Waals surface area (Å²) in [5.41, 5.74) is 1.68. The maximum atomic E-state index is 11.4. The molecule has 0 spiro atoms. The van der Waals surface area contributed by atoms with Gasteiger partial charge < -0.3 is 14.6 Å². The third-order valence-electron chi connectivity index (χ3n) is 3.83. The van der Waals surface area contributed by atoms with Crippen LogP contribution in [0, 0.1) is 0 Å². The van der Waals surface area contributed by atoms with Gasteiger partial charge in [0.2, 0.25) is 0 Å². The van der Waals surface area contributed by atoms with Gasteiger partial charge in [0.05, 0.1) is 5.56 Å². The van der Waals surface area contributed by atoms with Crippen molar-refractivity contribution in [2.45, 2.75) is 13.2 Å². The van der Waals surface area contributed by atoms with Gasteiger partial charge in [-0.1, -0.05) is 59.6 Å². The minimum absolute atomic E-state index is 0.0702. The zero-order chi connectivity index (χ0) is 19.2. The van der Waals surface area contributed by atoms with Crippen LogP contribution in [0.4, 0.5) is 0 Å². The molecule has 4 nitrogen and oxygen atoms in total. The van der Waals surface area contributed by atoms with Gasteiger partial charge in [-0.15, -0.1) is 0 Å². The summed E-state index contributed by atoms with van der Waals surface area (Å²) in [5.74, 6) is -0.311. The van der Waals surface area contributed by atoms with Gasteiger partial charge in [0.1, 0.15) is 24.7 Å². The Balaban J connectivity index is 1.77. The molecule has 138 valence electrons. The predicted molar refractivity (Wildman–Crippen MR) is 105 cm³/mol. The number of carbonyl (C=O) groups is 1. The Morgan fingerprint density at radius 2 is 1.22 bits per heavy atom. The standard InChI is InChI=1S/C21H16Cl2O4/c22-19-7-3-1-5-14(19)12-26-17-9-16(21(24)25)10-18(11-17)27-13-15-6-2-4-8-20(15)23/h1-11H,12-13H2,(H,24,25). The van der Waals surface area contributed by atoms with E-state index in [0.717, 1.165) is 11.1 Å². The third kappa shape index (κ3) is 5.16. The number of rotatable bonds is 7. The fraction of sp³-hybridized carbons (Fsp3) is 0.0952. The summed E-state index contributed by atoms with van der Waals surface area (Å²) in [6.45, 7) is 0.430. The van der Waals surface area contributed by atoms with Gasteiger partial charge in [-0.2, -0.15) is 0 Å². The highest BCUT2D eigenvalue weighted by molar-refractivity contribution is 6.31. The Labute approximate surface area is 166 Å². The number of carboxylic acids is 1. The van der Waals surface area contributed by atoms with E-state index in [1.165, 1.54) is 12.1 Å². The summed E-state index contributed by atoms with van der Waals surface area (Å²) in [6, 6.07) is 19.1. The molecule has 0 unspecified atom stereocenters. The number of halogens is 2. The van der Waals surface area contributed by atoms with E-state index in [0.29, 0.717) is 21.5 Å². The fourth-order valence-corrected chi connectivity index (χ4v) is 2.80. The molecule has 1 N–H and O–H groups in total. The number of ether oxygens (including phenoxy) is 2. The Bertz CT molecular complexity index is 889. The number of aromatic carboxylic acids is 1. The monoisotopic (exact) mass is 402 g/mol. The number of hydrogen-bond donors (Lipinski definition) is 1. The van der Waals surface area contributed by atoms with Crippen LogP contribution in [0.15, 0.2) is 66.7 Å². The van der Waals surface area contributed by atoms with Crippen molar-refractivity contribution in [2.75, 3.05) is 0 Å². The molecule has 0 amide bonds. The van der Waals surface area contributed by atoms with Crippen molar-refractivity contribution in [1.82, 2.24) is 0 Å². The maximum Gasteiger partial charge on any atom is 0.335 e.